The lowest BCUT2D eigenvalue weighted by atomic mass is 9.84. The van der Waals surface area contributed by atoms with Gasteiger partial charge in [-0.25, -0.2) is 4.98 Å². The molecule has 0 bridgehead atoms. The van der Waals surface area contributed by atoms with Gasteiger partial charge in [-0.3, -0.25) is 9.89 Å². The Balaban J connectivity index is 1.62. The molecule has 2 atom stereocenters. The van der Waals surface area contributed by atoms with Gasteiger partial charge in [-0.05, 0) is 18.9 Å². The van der Waals surface area contributed by atoms with Gasteiger partial charge in [0.05, 0.1) is 12.1 Å². The highest BCUT2D eigenvalue weighted by Crippen LogP contribution is 2.32. The van der Waals surface area contributed by atoms with Gasteiger partial charge in [-0.1, -0.05) is 30.3 Å². The van der Waals surface area contributed by atoms with Crippen LogP contribution in [0.3, 0.4) is 0 Å². The summed E-state index contributed by atoms with van der Waals surface area (Å²) in [5, 5.41) is 19.6. The van der Waals surface area contributed by atoms with Gasteiger partial charge in [0.15, 0.2) is 0 Å². The second-order valence-corrected chi connectivity index (χ2v) is 7.07. The fourth-order valence-corrected chi connectivity index (χ4v) is 3.63. The molecule has 8 nitrogen and oxygen atoms in total. The highest BCUT2D eigenvalue weighted by molar-refractivity contribution is 5.71. The Hall–Kier alpha value is -3.42. The van der Waals surface area contributed by atoms with Gasteiger partial charge in [0.1, 0.15) is 11.6 Å². The first kappa shape index (κ1) is 18.0. The molecule has 3 N–H and O–H groups in total. The number of anilines is 3. The third kappa shape index (κ3) is 3.95. The number of aromatic amines is 1. The van der Waals surface area contributed by atoms with E-state index < -0.39 is 11.9 Å². The summed E-state index contributed by atoms with van der Waals surface area (Å²) in [6.45, 7) is 2.98. The molecule has 2 aromatic heterocycles. The molecule has 28 heavy (non-hydrogen) atoms. The molecule has 1 aromatic carbocycles. The minimum Gasteiger partial charge on any atom is -0.481 e. The Morgan fingerprint density at radius 1 is 1.21 bits per heavy atom. The Labute approximate surface area is 162 Å². The number of nitrogens with one attached hydrogen (secondary N) is 2. The van der Waals surface area contributed by atoms with E-state index in [1.807, 2.05) is 42.2 Å². The maximum atomic E-state index is 11.8. The number of nitrogens with zero attached hydrogens (tertiary/aromatic N) is 4. The van der Waals surface area contributed by atoms with Gasteiger partial charge in [0, 0.05) is 36.8 Å². The zero-order chi connectivity index (χ0) is 19.5. The van der Waals surface area contributed by atoms with Crippen LogP contribution in [0, 0.1) is 12.8 Å². The summed E-state index contributed by atoms with van der Waals surface area (Å²) in [7, 11) is 0. The highest BCUT2D eigenvalue weighted by Gasteiger charge is 2.33. The summed E-state index contributed by atoms with van der Waals surface area (Å²) in [6, 6.07) is 13.7. The SMILES string of the molecule is Cc1cc(Nc2ccn[nH]2)nc(N2CC(C(=O)O)CC(c3ccccc3)C2)n1. The number of hydrogen-bond donors (Lipinski definition) is 3. The van der Waals surface area contributed by atoms with Crippen molar-refractivity contribution in [1.82, 2.24) is 20.2 Å². The number of carboxylic acids is 1. The number of aromatic nitrogens is 4. The summed E-state index contributed by atoms with van der Waals surface area (Å²) < 4.78 is 0. The normalized spacial score (nSPS) is 19.4. The highest BCUT2D eigenvalue weighted by atomic mass is 16.4. The van der Waals surface area contributed by atoms with Crippen molar-refractivity contribution in [3.63, 3.8) is 0 Å². The van der Waals surface area contributed by atoms with Gasteiger partial charge in [0.25, 0.3) is 0 Å². The predicted octanol–water partition coefficient (Wildman–Crippen LogP) is 2.95. The summed E-state index contributed by atoms with van der Waals surface area (Å²) in [4.78, 5) is 22.9. The molecule has 0 aliphatic carbocycles. The number of piperidine rings is 1. The van der Waals surface area contributed by atoms with Crippen LogP contribution in [0.15, 0.2) is 48.7 Å². The number of aliphatic carboxylic acids is 1. The van der Waals surface area contributed by atoms with Crippen molar-refractivity contribution in [2.45, 2.75) is 19.3 Å². The molecule has 3 aromatic rings. The molecular weight excluding hydrogens is 356 g/mol. The van der Waals surface area contributed by atoms with Crippen molar-refractivity contribution in [2.24, 2.45) is 5.92 Å². The van der Waals surface area contributed by atoms with Crippen molar-refractivity contribution in [3.8, 4) is 0 Å². The molecule has 3 heterocycles. The number of aryl methyl sites for hydroxylation is 1. The average Bonchev–Trinajstić information content (AvgIpc) is 3.21. The third-order valence-electron chi connectivity index (χ3n) is 4.96. The van der Waals surface area contributed by atoms with Crippen molar-refractivity contribution in [2.75, 3.05) is 23.3 Å². The molecule has 0 radical (unpaired) electrons. The van der Waals surface area contributed by atoms with Crippen LogP contribution < -0.4 is 10.2 Å². The van der Waals surface area contributed by atoms with Crippen LogP contribution in [-0.4, -0.2) is 44.3 Å². The maximum Gasteiger partial charge on any atom is 0.308 e. The predicted molar refractivity (Wildman–Crippen MR) is 106 cm³/mol. The van der Waals surface area contributed by atoms with Crippen molar-refractivity contribution >= 4 is 23.6 Å². The molecule has 4 rings (SSSR count). The molecule has 1 aliphatic heterocycles. The molecule has 144 valence electrons. The summed E-state index contributed by atoms with van der Waals surface area (Å²) in [6.07, 6.45) is 2.27. The second kappa shape index (κ2) is 7.67. The molecule has 8 heteroatoms. The number of carboxylic acid groups (broad SMARTS) is 1. The van der Waals surface area contributed by atoms with Crippen molar-refractivity contribution in [1.29, 1.82) is 0 Å². The quantitative estimate of drug-likeness (QED) is 0.626. The first-order chi connectivity index (χ1) is 13.6. The van der Waals surface area contributed by atoms with Gasteiger partial charge in [0.2, 0.25) is 5.95 Å². The summed E-state index contributed by atoms with van der Waals surface area (Å²) in [5.74, 6) is 0.771. The molecule has 1 fully saturated rings. The minimum atomic E-state index is -0.783. The van der Waals surface area contributed by atoms with Crippen LogP contribution in [0.1, 0.15) is 23.6 Å². The van der Waals surface area contributed by atoms with Crippen molar-refractivity contribution < 1.29 is 9.90 Å². The maximum absolute atomic E-state index is 11.8. The van der Waals surface area contributed by atoms with E-state index in [9.17, 15) is 9.90 Å². The molecule has 1 aliphatic rings. The van der Waals surface area contributed by atoms with Crippen LogP contribution in [0.25, 0.3) is 0 Å². The van der Waals surface area contributed by atoms with Gasteiger partial charge in [-0.15, -0.1) is 0 Å². The first-order valence-corrected chi connectivity index (χ1v) is 9.23. The zero-order valence-corrected chi connectivity index (χ0v) is 15.5. The third-order valence-corrected chi connectivity index (χ3v) is 4.96. The van der Waals surface area contributed by atoms with Crippen molar-refractivity contribution in [3.05, 3.63) is 59.9 Å². The zero-order valence-electron chi connectivity index (χ0n) is 15.5. The standard InChI is InChI=1S/C20H22N6O2/c1-13-9-18(23-17-7-8-21-25-17)24-20(22-13)26-11-15(10-16(12-26)19(27)28)14-5-3-2-4-6-14/h2-9,15-16H,10-12H2,1H3,(H,27,28)(H2,21,22,23,24,25). The van der Waals surface area contributed by atoms with Crippen LogP contribution in [0.2, 0.25) is 0 Å². The largest absolute Gasteiger partial charge is 0.481 e. The molecule has 0 saturated carbocycles. The Morgan fingerprint density at radius 3 is 2.75 bits per heavy atom. The Morgan fingerprint density at radius 2 is 2.04 bits per heavy atom. The summed E-state index contributed by atoms with van der Waals surface area (Å²) in [5.41, 5.74) is 1.95. The van der Waals surface area contributed by atoms with Crippen LogP contribution in [-0.2, 0) is 4.79 Å². The van der Waals surface area contributed by atoms with E-state index in [0.717, 1.165) is 17.1 Å². The van der Waals surface area contributed by atoms with Crippen LogP contribution >= 0.6 is 0 Å². The molecule has 1 saturated heterocycles. The molecule has 0 amide bonds. The molecular formula is C20H22N6O2. The monoisotopic (exact) mass is 378 g/mol. The Kier molecular flexibility index (Phi) is 4.92. The first-order valence-electron chi connectivity index (χ1n) is 9.23. The lowest BCUT2D eigenvalue weighted by molar-refractivity contribution is -0.142. The number of H-pyrrole nitrogens is 1. The lowest BCUT2D eigenvalue weighted by Gasteiger charge is -2.36. The minimum absolute atomic E-state index is 0.115. The Bertz CT molecular complexity index is 945. The van der Waals surface area contributed by atoms with E-state index in [1.165, 1.54) is 0 Å². The number of rotatable bonds is 5. The number of carbonyl (C=O) groups is 1. The second-order valence-electron chi connectivity index (χ2n) is 7.07. The summed E-state index contributed by atoms with van der Waals surface area (Å²) >= 11 is 0. The van der Waals surface area contributed by atoms with Gasteiger partial charge in [-0.2, -0.15) is 10.1 Å². The average molecular weight is 378 g/mol. The van der Waals surface area contributed by atoms with Crippen LogP contribution in [0.4, 0.5) is 17.6 Å². The lowest BCUT2D eigenvalue weighted by Crippen LogP contribution is -2.43. The van der Waals surface area contributed by atoms with Gasteiger partial charge >= 0.3 is 5.97 Å². The topological polar surface area (TPSA) is 107 Å². The van der Waals surface area contributed by atoms with E-state index in [4.69, 9.17) is 0 Å². The van der Waals surface area contributed by atoms with E-state index in [-0.39, 0.29) is 5.92 Å². The van der Waals surface area contributed by atoms with Gasteiger partial charge < -0.3 is 15.3 Å². The number of benzene rings is 1. The molecule has 0 spiro atoms. The van der Waals surface area contributed by atoms with Crippen LogP contribution in [0.5, 0.6) is 0 Å². The molecule has 2 unspecified atom stereocenters. The van der Waals surface area contributed by atoms with E-state index >= 15 is 0 Å². The number of hydrogen-bond acceptors (Lipinski definition) is 6. The van der Waals surface area contributed by atoms with E-state index in [2.05, 4.69) is 37.6 Å². The smallest absolute Gasteiger partial charge is 0.308 e. The van der Waals surface area contributed by atoms with E-state index in [0.29, 0.717) is 31.3 Å². The van der Waals surface area contributed by atoms with E-state index in [1.54, 1.807) is 6.20 Å². The fraction of sp³-hybridized carbons (Fsp3) is 0.300. The fourth-order valence-electron chi connectivity index (χ4n) is 3.63.